The molecule has 0 amide bonds. The largest absolute Gasteiger partial charge is 0.468 e. The van der Waals surface area contributed by atoms with Crippen LogP contribution in [0.15, 0.2) is 0 Å². The van der Waals surface area contributed by atoms with Crippen LogP contribution in [0.25, 0.3) is 0 Å². The van der Waals surface area contributed by atoms with Crippen molar-refractivity contribution < 1.29 is 9.53 Å². The molecule has 96 valence electrons. The number of nitrogens with one attached hydrogen (secondary N) is 1. The molecule has 17 heavy (non-hydrogen) atoms. The molecule has 0 radical (unpaired) electrons. The van der Waals surface area contributed by atoms with Gasteiger partial charge in [0.2, 0.25) is 0 Å². The van der Waals surface area contributed by atoms with E-state index in [1.807, 2.05) is 0 Å². The number of ether oxygens (including phenoxy) is 1. The van der Waals surface area contributed by atoms with E-state index in [0.29, 0.717) is 0 Å². The van der Waals surface area contributed by atoms with Crippen LogP contribution in [0.5, 0.6) is 0 Å². The average Bonchev–Trinajstić information content (AvgIpc) is 3.25. The fraction of sp³-hybridized carbons (Fsp3) is 0.923. The fourth-order valence-corrected chi connectivity index (χ4v) is 2.83. The normalized spacial score (nSPS) is 33.9. The minimum absolute atomic E-state index is 0.0682. The van der Waals surface area contributed by atoms with E-state index in [0.717, 1.165) is 38.0 Å². The third kappa shape index (κ3) is 2.33. The molecule has 1 N–H and O–H groups in total. The Bertz CT molecular complexity index is 313. The Kier molecular flexibility index (Phi) is 2.87. The Hall–Kier alpha value is -0.610. The minimum atomic E-state index is -0.417. The summed E-state index contributed by atoms with van der Waals surface area (Å²) in [4.78, 5) is 14.5. The molecule has 0 aromatic carbocycles. The average molecular weight is 238 g/mol. The standard InChI is InChI=1S/C13H22N2O2/c1-17-12(16)13(14-8-10-2-3-10)6-7-15(9-13)11-4-5-11/h10-11,14H,2-9H2,1H3. The van der Waals surface area contributed by atoms with Gasteiger partial charge < -0.3 is 10.1 Å². The summed E-state index contributed by atoms with van der Waals surface area (Å²) in [6, 6.07) is 0.740. The molecule has 1 unspecified atom stereocenters. The zero-order chi connectivity index (χ0) is 11.9. The van der Waals surface area contributed by atoms with Crippen molar-refractivity contribution in [3.05, 3.63) is 0 Å². The topological polar surface area (TPSA) is 41.6 Å². The molecule has 2 saturated carbocycles. The van der Waals surface area contributed by atoms with E-state index in [-0.39, 0.29) is 5.97 Å². The molecular formula is C13H22N2O2. The Morgan fingerprint density at radius 3 is 2.76 bits per heavy atom. The van der Waals surface area contributed by atoms with E-state index in [1.54, 1.807) is 0 Å². The molecule has 4 nitrogen and oxygen atoms in total. The number of likely N-dealkylation sites (tertiary alicyclic amines) is 1. The maximum atomic E-state index is 12.0. The van der Waals surface area contributed by atoms with Gasteiger partial charge in [0.25, 0.3) is 0 Å². The number of hydrogen-bond acceptors (Lipinski definition) is 4. The lowest BCUT2D eigenvalue weighted by Crippen LogP contribution is -2.55. The van der Waals surface area contributed by atoms with Crippen molar-refractivity contribution in [1.82, 2.24) is 10.2 Å². The molecule has 0 aromatic rings. The number of hydrogen-bond donors (Lipinski definition) is 1. The van der Waals surface area contributed by atoms with E-state index in [9.17, 15) is 4.79 Å². The molecule has 1 saturated heterocycles. The van der Waals surface area contributed by atoms with Crippen molar-refractivity contribution in [3.8, 4) is 0 Å². The summed E-state index contributed by atoms with van der Waals surface area (Å²) < 4.78 is 5.01. The van der Waals surface area contributed by atoms with Crippen LogP contribution in [-0.2, 0) is 9.53 Å². The first kappa shape index (κ1) is 11.5. The van der Waals surface area contributed by atoms with Gasteiger partial charge in [0, 0.05) is 19.1 Å². The molecule has 1 heterocycles. The molecule has 1 aliphatic heterocycles. The molecular weight excluding hydrogens is 216 g/mol. The molecule has 0 bridgehead atoms. The molecule has 2 aliphatic carbocycles. The van der Waals surface area contributed by atoms with E-state index in [2.05, 4.69) is 10.2 Å². The SMILES string of the molecule is COC(=O)C1(NCC2CC2)CCN(C2CC2)C1. The molecule has 3 fully saturated rings. The van der Waals surface area contributed by atoms with Gasteiger partial charge in [-0.1, -0.05) is 0 Å². The monoisotopic (exact) mass is 238 g/mol. The van der Waals surface area contributed by atoms with Crippen molar-refractivity contribution >= 4 is 5.97 Å². The predicted molar refractivity (Wildman–Crippen MR) is 64.7 cm³/mol. The number of carbonyl (C=O) groups excluding carboxylic acids is 1. The molecule has 0 aromatic heterocycles. The first-order valence-corrected chi connectivity index (χ1v) is 6.81. The van der Waals surface area contributed by atoms with Crippen molar-refractivity contribution in [1.29, 1.82) is 0 Å². The van der Waals surface area contributed by atoms with Crippen LogP contribution in [0, 0.1) is 5.92 Å². The van der Waals surface area contributed by atoms with Gasteiger partial charge in [-0.2, -0.15) is 0 Å². The lowest BCUT2D eigenvalue weighted by molar-refractivity contribution is -0.148. The molecule has 4 heteroatoms. The summed E-state index contributed by atoms with van der Waals surface area (Å²) in [6.45, 7) is 2.86. The molecule has 3 aliphatic rings. The number of nitrogens with zero attached hydrogens (tertiary/aromatic N) is 1. The second-order valence-electron chi connectivity index (χ2n) is 5.85. The second-order valence-corrected chi connectivity index (χ2v) is 5.85. The smallest absolute Gasteiger partial charge is 0.327 e. The fourth-order valence-electron chi connectivity index (χ4n) is 2.83. The number of rotatable bonds is 5. The van der Waals surface area contributed by atoms with Crippen LogP contribution < -0.4 is 5.32 Å². The third-order valence-electron chi connectivity index (χ3n) is 4.36. The van der Waals surface area contributed by atoms with Gasteiger partial charge in [0.15, 0.2) is 0 Å². The van der Waals surface area contributed by atoms with Crippen molar-refractivity contribution in [3.63, 3.8) is 0 Å². The first-order chi connectivity index (χ1) is 8.23. The van der Waals surface area contributed by atoms with Gasteiger partial charge in [0.05, 0.1) is 7.11 Å². The van der Waals surface area contributed by atoms with E-state index in [1.165, 1.54) is 32.8 Å². The van der Waals surface area contributed by atoms with Gasteiger partial charge >= 0.3 is 5.97 Å². The summed E-state index contributed by atoms with van der Waals surface area (Å²) >= 11 is 0. The van der Waals surface area contributed by atoms with Crippen molar-refractivity contribution in [2.75, 3.05) is 26.7 Å². The van der Waals surface area contributed by atoms with Crippen LogP contribution in [0.1, 0.15) is 32.1 Å². The number of esters is 1. The highest BCUT2D eigenvalue weighted by Gasteiger charge is 2.49. The highest BCUT2D eigenvalue weighted by atomic mass is 16.5. The zero-order valence-electron chi connectivity index (χ0n) is 10.6. The Morgan fingerprint density at radius 2 is 2.18 bits per heavy atom. The third-order valence-corrected chi connectivity index (χ3v) is 4.36. The zero-order valence-corrected chi connectivity index (χ0v) is 10.6. The molecule has 1 atom stereocenters. The van der Waals surface area contributed by atoms with E-state index in [4.69, 9.17) is 4.74 Å². The van der Waals surface area contributed by atoms with Gasteiger partial charge in [-0.3, -0.25) is 9.69 Å². The Labute approximate surface area is 103 Å². The van der Waals surface area contributed by atoms with Crippen LogP contribution in [-0.4, -0.2) is 49.2 Å². The lowest BCUT2D eigenvalue weighted by Gasteiger charge is -2.28. The summed E-state index contributed by atoms with van der Waals surface area (Å²) in [7, 11) is 1.50. The maximum absolute atomic E-state index is 12.0. The predicted octanol–water partition coefficient (Wildman–Crippen LogP) is 0.766. The van der Waals surface area contributed by atoms with Gasteiger partial charge in [-0.05, 0) is 44.6 Å². The second kappa shape index (κ2) is 4.25. The lowest BCUT2D eigenvalue weighted by atomic mass is 9.98. The molecule has 3 rings (SSSR count). The highest BCUT2D eigenvalue weighted by Crippen LogP contribution is 2.35. The van der Waals surface area contributed by atoms with Crippen LogP contribution in [0.2, 0.25) is 0 Å². The summed E-state index contributed by atoms with van der Waals surface area (Å²) in [5.41, 5.74) is -0.417. The van der Waals surface area contributed by atoms with Crippen molar-refractivity contribution in [2.24, 2.45) is 5.92 Å². The summed E-state index contributed by atoms with van der Waals surface area (Å²) in [5, 5.41) is 3.50. The summed E-state index contributed by atoms with van der Waals surface area (Å²) in [5.74, 6) is 0.729. The van der Waals surface area contributed by atoms with E-state index < -0.39 is 5.54 Å². The number of carbonyl (C=O) groups is 1. The van der Waals surface area contributed by atoms with Gasteiger partial charge in [0.1, 0.15) is 5.54 Å². The van der Waals surface area contributed by atoms with Gasteiger partial charge in [-0.15, -0.1) is 0 Å². The van der Waals surface area contributed by atoms with Gasteiger partial charge in [-0.25, -0.2) is 0 Å². The van der Waals surface area contributed by atoms with Crippen molar-refractivity contribution in [2.45, 2.75) is 43.7 Å². The quantitative estimate of drug-likeness (QED) is 0.718. The number of methoxy groups -OCH3 is 1. The molecule has 0 spiro atoms. The Morgan fingerprint density at radius 1 is 1.41 bits per heavy atom. The van der Waals surface area contributed by atoms with Crippen LogP contribution in [0.3, 0.4) is 0 Å². The van der Waals surface area contributed by atoms with Crippen LogP contribution in [0.4, 0.5) is 0 Å². The minimum Gasteiger partial charge on any atom is -0.468 e. The van der Waals surface area contributed by atoms with Crippen LogP contribution >= 0.6 is 0 Å². The van der Waals surface area contributed by atoms with E-state index >= 15 is 0 Å². The summed E-state index contributed by atoms with van der Waals surface area (Å²) in [6.07, 6.45) is 6.15. The first-order valence-electron chi connectivity index (χ1n) is 6.81. The maximum Gasteiger partial charge on any atom is 0.327 e. The Balaban J connectivity index is 1.64. The highest BCUT2D eigenvalue weighted by molar-refractivity contribution is 5.81.